The average Bonchev–Trinajstić information content (AvgIpc) is 3.27. The zero-order valence-electron chi connectivity index (χ0n) is 40.9. The molecule has 0 radical (unpaired) electrons. The van der Waals surface area contributed by atoms with Crippen molar-refractivity contribution in [3.8, 4) is 0 Å². The molecule has 0 fully saturated rings. The molecule has 0 heterocycles. The van der Waals surface area contributed by atoms with E-state index in [2.05, 4.69) is 107 Å². The molecule has 0 aliphatic rings. The number of hydrogen-bond donors (Lipinski definition) is 8. The van der Waals surface area contributed by atoms with Crippen molar-refractivity contribution in [1.82, 2.24) is 0 Å². The highest BCUT2D eigenvalue weighted by molar-refractivity contribution is 8.22. The first-order valence-electron chi connectivity index (χ1n) is 16.6. The minimum Gasteiger partial charge on any atom is -0.366 e. The third-order valence-electron chi connectivity index (χ3n) is 5.01. The SMILES string of the molecule is COP(O)(=S)OC.COP(O)(=S)OP(=S)(OC)OP(=S)(OC)OP(=S)(OC)OP(O)(=S)OC.COP(O)(=S)OP(=S)(OC)OP(=S)(OC)OP(O)(=S)OC.COP(O)(=S)OP(=S)(OC)OP(O)(=S)OC.CP(C)(O)=S. The molecule has 0 rings (SSSR count). The summed E-state index contributed by atoms with van der Waals surface area (Å²) in [7, 11) is 16.2. The number of rotatable bonds is 32. The predicted molar refractivity (Wildman–Crippen MR) is 337 cm³/mol. The van der Waals surface area contributed by atoms with E-state index in [0.717, 1.165) is 85.3 Å². The average molecular weight is 1630 g/mol. The van der Waals surface area contributed by atoms with Gasteiger partial charge in [0.15, 0.2) is 0 Å². The third-order valence-corrected chi connectivity index (χ3v) is 43.0. The molecule has 0 aromatic heterocycles. The van der Waals surface area contributed by atoms with Crippen molar-refractivity contribution < 1.29 is 141 Å². The molecule has 10 unspecified atom stereocenters. The molecule has 0 spiro atoms. The molecule has 10 atom stereocenters. The second-order valence-electron chi connectivity index (χ2n) is 10.5. The van der Waals surface area contributed by atoms with Crippen molar-refractivity contribution in [1.29, 1.82) is 0 Å². The van der Waals surface area contributed by atoms with Crippen LogP contribution in [0.2, 0.25) is 0 Å². The Balaban J connectivity index is -0.000000299. The van der Waals surface area contributed by atoms with Crippen LogP contribution in [0.1, 0.15) is 0 Å². The van der Waals surface area contributed by atoms with E-state index in [4.69, 9.17) is 170 Å². The molecular formula is C16H56O31P14S14. The molecule has 460 valence electrons. The molecule has 75 heavy (non-hydrogen) atoms. The summed E-state index contributed by atoms with van der Waals surface area (Å²) < 4.78 is 111. The van der Waals surface area contributed by atoms with Crippen LogP contribution in [0.4, 0.5) is 0 Å². The van der Waals surface area contributed by atoms with Gasteiger partial charge in [0, 0.05) is 99.5 Å². The highest BCUT2D eigenvalue weighted by Gasteiger charge is 2.43. The van der Waals surface area contributed by atoms with Crippen molar-refractivity contribution in [3.63, 3.8) is 0 Å². The maximum Gasteiger partial charge on any atom is 0.341 e. The minimum absolute atomic E-state index is 1.11. The zero-order valence-corrected chi connectivity index (χ0v) is 64.9. The van der Waals surface area contributed by atoms with E-state index in [1.807, 2.05) is 0 Å². The van der Waals surface area contributed by atoms with Crippen LogP contribution in [0.3, 0.4) is 0 Å². The third kappa shape index (κ3) is 48.4. The summed E-state index contributed by atoms with van der Waals surface area (Å²) in [5.74, 6) is 0. The van der Waals surface area contributed by atoms with Gasteiger partial charge in [-0.15, -0.1) is 0 Å². The van der Waals surface area contributed by atoms with Crippen molar-refractivity contribution in [2.75, 3.05) is 113 Å². The van der Waals surface area contributed by atoms with Gasteiger partial charge in [-0.3, -0.25) is 0 Å². The van der Waals surface area contributed by atoms with Crippen LogP contribution in [0.15, 0.2) is 0 Å². The van der Waals surface area contributed by atoms with Crippen LogP contribution >= 0.6 is 93.6 Å². The first-order valence-corrected chi connectivity index (χ1v) is 53.7. The molecule has 0 saturated heterocycles. The van der Waals surface area contributed by atoms with Gasteiger partial charge in [0.1, 0.15) is 0 Å². The van der Waals surface area contributed by atoms with Gasteiger partial charge in [0.05, 0.1) is 6.26 Å². The quantitative estimate of drug-likeness (QED) is 0.0292. The Bertz CT molecular complexity index is 2300. The second kappa shape index (κ2) is 40.6. The molecule has 0 aromatic carbocycles. The Morgan fingerprint density at radius 1 is 0.187 bits per heavy atom. The Morgan fingerprint density at radius 2 is 0.280 bits per heavy atom. The Labute approximate surface area is 507 Å². The fourth-order valence-corrected chi connectivity index (χ4v) is 35.9. The van der Waals surface area contributed by atoms with Gasteiger partial charge in [0.2, 0.25) is 0 Å². The summed E-state index contributed by atoms with van der Waals surface area (Å²) in [6.07, 6.45) is -1.81. The fraction of sp³-hybridized carbons (Fsp3) is 1.00. The smallest absolute Gasteiger partial charge is 0.341 e. The first-order chi connectivity index (χ1) is 33.2. The Morgan fingerprint density at radius 3 is 0.360 bits per heavy atom. The lowest BCUT2D eigenvalue weighted by molar-refractivity contribution is 0.230. The maximum atomic E-state index is 9.78. The van der Waals surface area contributed by atoms with Gasteiger partial charge >= 0.3 is 87.3 Å². The van der Waals surface area contributed by atoms with E-state index in [1.165, 1.54) is 14.2 Å². The minimum atomic E-state index is -3.84. The highest BCUT2D eigenvalue weighted by Crippen LogP contribution is 2.78. The van der Waals surface area contributed by atoms with Crippen LogP contribution in [0, 0.1) is 0 Å². The van der Waals surface area contributed by atoms with E-state index in [-0.39, 0.29) is 0 Å². The van der Waals surface area contributed by atoms with Crippen LogP contribution in [0.25, 0.3) is 0 Å². The van der Waals surface area contributed by atoms with E-state index in [1.54, 1.807) is 13.3 Å². The van der Waals surface area contributed by atoms with E-state index < -0.39 is 93.6 Å². The normalized spacial score (nSPS) is 21.7. The van der Waals surface area contributed by atoms with Crippen molar-refractivity contribution in [2.24, 2.45) is 0 Å². The van der Waals surface area contributed by atoms with Crippen molar-refractivity contribution >= 4 is 259 Å². The largest absolute Gasteiger partial charge is 0.366 e. The van der Waals surface area contributed by atoms with Gasteiger partial charge in [-0.25, -0.2) is 38.8 Å². The standard InChI is InChI=1S/C5H17O11P5S5.C4H14O9P4S4.C3H11O7P3S3.C2H7O3PS.C2H7OPS/c1-8-17(6,22)13-19(24,10-3)15-21(26,12-5)16-20(25,11-4)14-18(7,23)9-2;1-7-14(5,18)11-16(20,9-3)13-17(21,10-4)12-15(6,19)8-2;1-6-11(4,14)9-13(16,8-3)10-12(5,15)7-2;1-4-6(3,7)5-2;1-4(2,3)5/h1-5H3,(H,6,22)(H,7,23);1-4H3,(H,5,18)(H,6,19);1-3H3,(H,4,14)(H,5,15);1-2H3,(H,3,7);1-2H3,(H,3,5). The molecule has 0 aromatic rings. The van der Waals surface area contributed by atoms with Crippen LogP contribution in [0.5, 0.6) is 0 Å². The summed E-state index contributed by atoms with van der Waals surface area (Å²) in [4.78, 5) is 74.7. The molecular weight excluding hydrogens is 1570 g/mol. The molecule has 31 nitrogen and oxygen atoms in total. The van der Waals surface area contributed by atoms with Gasteiger partial charge < -0.3 is 102 Å². The second-order valence-corrected chi connectivity index (χ2v) is 56.5. The summed E-state index contributed by atoms with van der Waals surface area (Å²) in [6.45, 7) is -43.8. The highest BCUT2D eigenvalue weighted by atomic mass is 32.5. The predicted octanol–water partition coefficient (Wildman–Crippen LogP) is 8.64. The number of hydrogen-bond acceptors (Lipinski definition) is 37. The van der Waals surface area contributed by atoms with E-state index >= 15 is 0 Å². The molecule has 0 amide bonds. The van der Waals surface area contributed by atoms with Gasteiger partial charge in [-0.05, 0) is 167 Å². The molecule has 0 aliphatic heterocycles. The fourth-order valence-electron chi connectivity index (χ4n) is 1.89. The van der Waals surface area contributed by atoms with Crippen molar-refractivity contribution in [2.45, 2.75) is 0 Å². The van der Waals surface area contributed by atoms with Gasteiger partial charge in [0.25, 0.3) is 0 Å². The molecule has 0 saturated carbocycles. The topological polar surface area (TPSA) is 374 Å². The van der Waals surface area contributed by atoms with Crippen LogP contribution < -0.4 is 0 Å². The van der Waals surface area contributed by atoms with Gasteiger partial charge in [-0.1, -0.05) is 11.8 Å². The van der Waals surface area contributed by atoms with E-state index in [9.17, 15) is 29.4 Å². The van der Waals surface area contributed by atoms with E-state index in [0.29, 0.717) is 0 Å². The summed E-state index contributed by atoms with van der Waals surface area (Å²) >= 11 is 66.7. The Kier molecular flexibility index (Phi) is 49.5. The lowest BCUT2D eigenvalue weighted by Crippen LogP contribution is -2.02. The molecule has 0 bridgehead atoms. The molecule has 8 N–H and O–H groups in total. The maximum absolute atomic E-state index is 9.78. The molecule has 0 aliphatic carbocycles. The monoisotopic (exact) mass is 1630 g/mol. The van der Waals surface area contributed by atoms with Crippen molar-refractivity contribution in [3.05, 3.63) is 0 Å². The van der Waals surface area contributed by atoms with Crippen LogP contribution in [-0.4, -0.2) is 152 Å². The lowest BCUT2D eigenvalue weighted by atomic mass is 11.8. The first kappa shape index (κ1) is 91.6. The zero-order chi connectivity index (χ0) is 61.3. The van der Waals surface area contributed by atoms with Gasteiger partial charge in [-0.2, -0.15) is 0 Å². The summed E-state index contributed by atoms with van der Waals surface area (Å²) in [5, 5.41) is 0. The summed E-state index contributed by atoms with van der Waals surface area (Å²) in [5.41, 5.74) is 0. The summed E-state index contributed by atoms with van der Waals surface area (Å²) in [6, 6.07) is 0. The Hall–Kier alpha value is 7.86. The lowest BCUT2D eigenvalue weighted by Gasteiger charge is -2.31. The van der Waals surface area contributed by atoms with Crippen LogP contribution in [-0.2, 0) is 267 Å². The molecule has 59 heteroatoms.